The van der Waals surface area contributed by atoms with Crippen molar-refractivity contribution in [2.24, 2.45) is 0 Å². The topological polar surface area (TPSA) is 79.5 Å². The van der Waals surface area contributed by atoms with Gasteiger partial charge in [-0.2, -0.15) is 0 Å². The van der Waals surface area contributed by atoms with Gasteiger partial charge in [-0.15, -0.1) is 11.3 Å². The Kier molecular flexibility index (Phi) is 4.23. The summed E-state index contributed by atoms with van der Waals surface area (Å²) in [5, 5.41) is 9.73. The quantitative estimate of drug-likeness (QED) is 0.864. The Labute approximate surface area is 117 Å². The molecular weight excluding hydrogens is 342 g/mol. The highest BCUT2D eigenvalue weighted by Crippen LogP contribution is 2.26. The maximum Gasteiger partial charge on any atom is 0.250 e. The number of halogens is 1. The smallest absolute Gasteiger partial charge is 0.250 e. The minimum atomic E-state index is -3.58. The SMILES string of the molecule is O=S(=O)(NC[C@@H](O)c1ccoc1)c1ccc(Br)s1. The van der Waals surface area contributed by atoms with Crippen molar-refractivity contribution in [2.75, 3.05) is 6.54 Å². The van der Waals surface area contributed by atoms with Crippen molar-refractivity contribution in [2.45, 2.75) is 10.3 Å². The molecular formula is C10H10BrNO4S2. The highest BCUT2D eigenvalue weighted by molar-refractivity contribution is 9.11. The Morgan fingerprint density at radius 3 is 2.78 bits per heavy atom. The molecule has 0 unspecified atom stereocenters. The van der Waals surface area contributed by atoms with E-state index in [1.807, 2.05) is 0 Å². The number of aliphatic hydroxyl groups is 1. The summed E-state index contributed by atoms with van der Waals surface area (Å²) >= 11 is 4.31. The van der Waals surface area contributed by atoms with Crippen molar-refractivity contribution in [3.8, 4) is 0 Å². The van der Waals surface area contributed by atoms with Gasteiger partial charge in [0.05, 0.1) is 22.4 Å². The average molecular weight is 352 g/mol. The second kappa shape index (κ2) is 5.54. The molecule has 2 heterocycles. The molecule has 0 amide bonds. The van der Waals surface area contributed by atoms with Crippen molar-refractivity contribution < 1.29 is 17.9 Å². The Balaban J connectivity index is 2.02. The predicted octanol–water partition coefficient (Wildman–Crippen LogP) is 2.12. The van der Waals surface area contributed by atoms with E-state index in [4.69, 9.17) is 4.42 Å². The van der Waals surface area contributed by atoms with Crippen molar-refractivity contribution in [3.05, 3.63) is 40.1 Å². The van der Waals surface area contributed by atoms with Crippen LogP contribution < -0.4 is 4.72 Å². The molecule has 0 aliphatic heterocycles. The Bertz CT molecular complexity index is 606. The molecule has 18 heavy (non-hydrogen) atoms. The fourth-order valence-electron chi connectivity index (χ4n) is 1.28. The first kappa shape index (κ1) is 13.8. The van der Waals surface area contributed by atoms with E-state index in [9.17, 15) is 13.5 Å². The monoisotopic (exact) mass is 351 g/mol. The highest BCUT2D eigenvalue weighted by atomic mass is 79.9. The Morgan fingerprint density at radius 2 is 2.22 bits per heavy atom. The van der Waals surface area contributed by atoms with Crippen LogP contribution >= 0.6 is 27.3 Å². The number of rotatable bonds is 5. The van der Waals surface area contributed by atoms with Crippen molar-refractivity contribution in [1.29, 1.82) is 0 Å². The van der Waals surface area contributed by atoms with Crippen LogP contribution in [0.4, 0.5) is 0 Å². The Morgan fingerprint density at radius 1 is 1.44 bits per heavy atom. The summed E-state index contributed by atoms with van der Waals surface area (Å²) in [6, 6.07) is 4.74. The molecule has 0 spiro atoms. The number of hydrogen-bond acceptors (Lipinski definition) is 5. The molecule has 0 fully saturated rings. The lowest BCUT2D eigenvalue weighted by Crippen LogP contribution is -2.27. The number of thiophene rings is 1. The molecule has 98 valence electrons. The van der Waals surface area contributed by atoms with Gasteiger partial charge in [0.25, 0.3) is 0 Å². The molecule has 5 nitrogen and oxygen atoms in total. The van der Waals surface area contributed by atoms with E-state index in [-0.39, 0.29) is 10.8 Å². The van der Waals surface area contributed by atoms with Gasteiger partial charge < -0.3 is 9.52 Å². The summed E-state index contributed by atoms with van der Waals surface area (Å²) in [6.07, 6.45) is 1.87. The standard InChI is InChI=1S/C10H10BrNO4S2/c11-9-1-2-10(17-9)18(14,15)12-5-8(13)7-3-4-16-6-7/h1-4,6,8,12-13H,5H2/t8-/m1/s1. The van der Waals surface area contributed by atoms with Crippen molar-refractivity contribution in [3.63, 3.8) is 0 Å². The lowest BCUT2D eigenvalue weighted by atomic mass is 10.2. The number of hydrogen-bond donors (Lipinski definition) is 2. The summed E-state index contributed by atoms with van der Waals surface area (Å²) in [5.74, 6) is 0. The third-order valence-electron chi connectivity index (χ3n) is 2.21. The molecule has 0 aliphatic carbocycles. The van der Waals surface area contributed by atoms with Gasteiger partial charge in [-0.05, 0) is 34.1 Å². The first-order chi connectivity index (χ1) is 8.49. The molecule has 2 rings (SSSR count). The zero-order chi connectivity index (χ0) is 13.2. The summed E-state index contributed by atoms with van der Waals surface area (Å²) in [7, 11) is -3.58. The van der Waals surface area contributed by atoms with Crippen LogP contribution in [-0.2, 0) is 10.0 Å². The zero-order valence-corrected chi connectivity index (χ0v) is 12.3. The molecule has 2 aromatic rings. The van der Waals surface area contributed by atoms with Crippen LogP contribution in [-0.4, -0.2) is 20.1 Å². The van der Waals surface area contributed by atoms with E-state index in [1.165, 1.54) is 18.6 Å². The molecule has 0 aromatic carbocycles. The number of aliphatic hydroxyl groups excluding tert-OH is 1. The summed E-state index contributed by atoms with van der Waals surface area (Å²) in [6.45, 7) is -0.0998. The minimum absolute atomic E-state index is 0.0998. The van der Waals surface area contributed by atoms with Crippen molar-refractivity contribution >= 4 is 37.3 Å². The maximum atomic E-state index is 11.9. The van der Waals surface area contributed by atoms with Gasteiger partial charge in [-0.25, -0.2) is 13.1 Å². The van der Waals surface area contributed by atoms with E-state index in [0.29, 0.717) is 5.56 Å². The normalized spacial score (nSPS) is 13.7. The highest BCUT2D eigenvalue weighted by Gasteiger charge is 2.18. The predicted molar refractivity (Wildman–Crippen MR) is 70.9 cm³/mol. The van der Waals surface area contributed by atoms with Crippen LogP contribution in [0.15, 0.2) is 43.1 Å². The molecule has 8 heteroatoms. The fourth-order valence-corrected chi connectivity index (χ4v) is 4.38. The molecule has 2 N–H and O–H groups in total. The van der Waals surface area contributed by atoms with E-state index < -0.39 is 16.1 Å². The largest absolute Gasteiger partial charge is 0.472 e. The Hall–Kier alpha value is -0.670. The molecule has 0 bridgehead atoms. The van der Waals surface area contributed by atoms with Crippen LogP contribution in [0.25, 0.3) is 0 Å². The summed E-state index contributed by atoms with van der Waals surface area (Å²) in [5.41, 5.74) is 0.532. The van der Waals surface area contributed by atoms with Crippen LogP contribution in [0, 0.1) is 0 Å². The maximum absolute atomic E-state index is 11.9. The van der Waals surface area contributed by atoms with Crippen LogP contribution in [0.1, 0.15) is 11.7 Å². The third kappa shape index (κ3) is 3.21. The fraction of sp³-hybridized carbons (Fsp3) is 0.200. The average Bonchev–Trinajstić information content (AvgIpc) is 2.96. The lowest BCUT2D eigenvalue weighted by Gasteiger charge is -2.09. The molecule has 0 saturated heterocycles. The molecule has 0 saturated carbocycles. The summed E-state index contributed by atoms with van der Waals surface area (Å²) in [4.78, 5) is 0. The first-order valence-electron chi connectivity index (χ1n) is 4.94. The zero-order valence-electron chi connectivity index (χ0n) is 9.04. The van der Waals surface area contributed by atoms with Crippen LogP contribution in [0.2, 0.25) is 0 Å². The second-order valence-corrected chi connectivity index (χ2v) is 7.94. The van der Waals surface area contributed by atoms with E-state index >= 15 is 0 Å². The number of sulfonamides is 1. The first-order valence-corrected chi connectivity index (χ1v) is 8.03. The second-order valence-electron chi connectivity index (χ2n) is 3.48. The van der Waals surface area contributed by atoms with Crippen LogP contribution in [0.5, 0.6) is 0 Å². The van der Waals surface area contributed by atoms with E-state index in [2.05, 4.69) is 20.7 Å². The molecule has 1 atom stereocenters. The summed E-state index contributed by atoms with van der Waals surface area (Å²) < 4.78 is 31.8. The minimum Gasteiger partial charge on any atom is -0.472 e. The lowest BCUT2D eigenvalue weighted by molar-refractivity contribution is 0.181. The van der Waals surface area contributed by atoms with Gasteiger partial charge in [0.1, 0.15) is 4.21 Å². The number of furan rings is 1. The van der Waals surface area contributed by atoms with Gasteiger partial charge in [0, 0.05) is 12.1 Å². The molecule has 2 aromatic heterocycles. The van der Waals surface area contributed by atoms with Gasteiger partial charge >= 0.3 is 0 Å². The van der Waals surface area contributed by atoms with Gasteiger partial charge in [-0.1, -0.05) is 0 Å². The van der Waals surface area contributed by atoms with Gasteiger partial charge in [0.15, 0.2) is 0 Å². The van der Waals surface area contributed by atoms with Gasteiger partial charge in [0.2, 0.25) is 10.0 Å². The van der Waals surface area contributed by atoms with Crippen molar-refractivity contribution in [1.82, 2.24) is 4.72 Å². The van der Waals surface area contributed by atoms with Crippen LogP contribution in [0.3, 0.4) is 0 Å². The molecule has 0 aliphatic rings. The number of nitrogens with one attached hydrogen (secondary N) is 1. The third-order valence-corrected chi connectivity index (χ3v) is 5.75. The van der Waals surface area contributed by atoms with Gasteiger partial charge in [-0.3, -0.25) is 0 Å². The van der Waals surface area contributed by atoms with E-state index in [0.717, 1.165) is 15.1 Å². The van der Waals surface area contributed by atoms with E-state index in [1.54, 1.807) is 12.1 Å². The molecule has 0 radical (unpaired) electrons.